The number of hydrogen-bond acceptors (Lipinski definition) is 6. The SMILES string of the molecule is Oc1ccc(OCC(O)CNC2CCN(Cc3ccccn3)CC2)cc1. The lowest BCUT2D eigenvalue weighted by atomic mass is 10.0. The molecule has 0 spiro atoms. The van der Waals surface area contributed by atoms with Gasteiger partial charge in [-0.1, -0.05) is 6.07 Å². The second-order valence-electron chi connectivity index (χ2n) is 6.74. The Hall–Kier alpha value is -2.15. The van der Waals surface area contributed by atoms with E-state index in [1.54, 1.807) is 24.3 Å². The number of phenols is 1. The summed E-state index contributed by atoms with van der Waals surface area (Å²) in [6.45, 7) is 3.72. The van der Waals surface area contributed by atoms with Crippen LogP contribution in [0, 0.1) is 0 Å². The molecule has 1 atom stereocenters. The van der Waals surface area contributed by atoms with Gasteiger partial charge in [0.2, 0.25) is 0 Å². The third-order valence-electron chi connectivity index (χ3n) is 4.62. The van der Waals surface area contributed by atoms with Crippen LogP contribution in [0.2, 0.25) is 0 Å². The Morgan fingerprint density at radius 1 is 1.15 bits per heavy atom. The maximum atomic E-state index is 10.1. The van der Waals surface area contributed by atoms with E-state index < -0.39 is 6.10 Å². The Labute approximate surface area is 154 Å². The second-order valence-corrected chi connectivity index (χ2v) is 6.74. The minimum atomic E-state index is -0.560. The van der Waals surface area contributed by atoms with Crippen LogP contribution in [-0.2, 0) is 6.54 Å². The van der Waals surface area contributed by atoms with Crippen molar-refractivity contribution in [3.05, 3.63) is 54.4 Å². The summed E-state index contributed by atoms with van der Waals surface area (Å²) in [5, 5.41) is 22.8. The van der Waals surface area contributed by atoms with Crippen molar-refractivity contribution in [2.24, 2.45) is 0 Å². The highest BCUT2D eigenvalue weighted by molar-refractivity contribution is 5.30. The van der Waals surface area contributed by atoms with Crippen molar-refractivity contribution >= 4 is 0 Å². The third kappa shape index (κ3) is 5.98. The van der Waals surface area contributed by atoms with Crippen LogP contribution in [0.3, 0.4) is 0 Å². The number of benzene rings is 1. The van der Waals surface area contributed by atoms with E-state index in [4.69, 9.17) is 4.74 Å². The number of rotatable bonds is 8. The van der Waals surface area contributed by atoms with Crippen LogP contribution in [0.4, 0.5) is 0 Å². The molecule has 2 heterocycles. The van der Waals surface area contributed by atoms with E-state index in [-0.39, 0.29) is 12.4 Å². The monoisotopic (exact) mass is 357 g/mol. The average molecular weight is 357 g/mol. The van der Waals surface area contributed by atoms with Crippen LogP contribution in [0.15, 0.2) is 48.7 Å². The lowest BCUT2D eigenvalue weighted by Gasteiger charge is -2.32. The Morgan fingerprint density at radius 3 is 2.62 bits per heavy atom. The number of aliphatic hydroxyl groups excluding tert-OH is 1. The highest BCUT2D eigenvalue weighted by atomic mass is 16.5. The lowest BCUT2D eigenvalue weighted by molar-refractivity contribution is 0.0978. The van der Waals surface area contributed by atoms with Gasteiger partial charge < -0.3 is 20.3 Å². The number of aliphatic hydroxyl groups is 1. The van der Waals surface area contributed by atoms with E-state index in [1.165, 1.54) is 0 Å². The predicted octanol–water partition coefficient (Wildman–Crippen LogP) is 1.78. The van der Waals surface area contributed by atoms with Gasteiger partial charge in [-0.05, 0) is 49.2 Å². The van der Waals surface area contributed by atoms with Gasteiger partial charge in [0, 0.05) is 38.4 Å². The number of nitrogens with one attached hydrogen (secondary N) is 1. The molecule has 1 aliphatic heterocycles. The first-order valence-electron chi connectivity index (χ1n) is 9.14. The molecule has 1 unspecified atom stereocenters. The topological polar surface area (TPSA) is 77.8 Å². The number of pyridine rings is 1. The van der Waals surface area contributed by atoms with Crippen molar-refractivity contribution < 1.29 is 14.9 Å². The molecule has 0 saturated carbocycles. The van der Waals surface area contributed by atoms with Gasteiger partial charge in [0.05, 0.1) is 5.69 Å². The number of likely N-dealkylation sites (tertiary alicyclic amines) is 1. The average Bonchev–Trinajstić information content (AvgIpc) is 2.68. The lowest BCUT2D eigenvalue weighted by Crippen LogP contribution is -2.45. The van der Waals surface area contributed by atoms with Gasteiger partial charge in [-0.2, -0.15) is 0 Å². The molecule has 1 saturated heterocycles. The maximum absolute atomic E-state index is 10.1. The van der Waals surface area contributed by atoms with Gasteiger partial charge >= 0.3 is 0 Å². The number of hydrogen-bond donors (Lipinski definition) is 3. The van der Waals surface area contributed by atoms with Crippen LogP contribution in [-0.4, -0.2) is 58.5 Å². The molecule has 1 aliphatic rings. The summed E-state index contributed by atoms with van der Waals surface area (Å²) in [6, 6.07) is 13.0. The van der Waals surface area contributed by atoms with Crippen LogP contribution in [0.5, 0.6) is 11.5 Å². The zero-order valence-electron chi connectivity index (χ0n) is 14.9. The molecule has 3 N–H and O–H groups in total. The Kier molecular flexibility index (Phi) is 6.82. The fourth-order valence-corrected chi connectivity index (χ4v) is 3.11. The third-order valence-corrected chi connectivity index (χ3v) is 4.62. The molecule has 0 aliphatic carbocycles. The summed E-state index contributed by atoms with van der Waals surface area (Å²) >= 11 is 0. The normalized spacial score (nSPS) is 17.1. The van der Waals surface area contributed by atoms with E-state index in [2.05, 4.69) is 21.3 Å². The molecule has 1 aromatic heterocycles. The largest absolute Gasteiger partial charge is 0.508 e. The van der Waals surface area contributed by atoms with Crippen molar-refractivity contribution in [1.29, 1.82) is 0 Å². The summed E-state index contributed by atoms with van der Waals surface area (Å²) in [5.74, 6) is 0.846. The summed E-state index contributed by atoms with van der Waals surface area (Å²) in [7, 11) is 0. The molecule has 6 heteroatoms. The summed E-state index contributed by atoms with van der Waals surface area (Å²) < 4.78 is 5.53. The number of aromatic nitrogens is 1. The smallest absolute Gasteiger partial charge is 0.119 e. The molecule has 1 fully saturated rings. The summed E-state index contributed by atoms with van der Waals surface area (Å²) in [5.41, 5.74) is 1.11. The van der Waals surface area contributed by atoms with Crippen LogP contribution in [0.1, 0.15) is 18.5 Å². The van der Waals surface area contributed by atoms with Crippen molar-refractivity contribution in [3.8, 4) is 11.5 Å². The first-order valence-corrected chi connectivity index (χ1v) is 9.14. The minimum Gasteiger partial charge on any atom is -0.508 e. The first kappa shape index (κ1) is 18.6. The number of nitrogens with zero attached hydrogens (tertiary/aromatic N) is 2. The van der Waals surface area contributed by atoms with Gasteiger partial charge in [-0.25, -0.2) is 0 Å². The number of aromatic hydroxyl groups is 1. The van der Waals surface area contributed by atoms with E-state index >= 15 is 0 Å². The van der Waals surface area contributed by atoms with Gasteiger partial charge in [0.1, 0.15) is 24.2 Å². The molecule has 3 rings (SSSR count). The van der Waals surface area contributed by atoms with E-state index in [1.807, 2.05) is 18.3 Å². The van der Waals surface area contributed by atoms with E-state index in [0.29, 0.717) is 18.3 Å². The standard InChI is InChI=1S/C20H27N3O3/c24-18-4-6-20(7-5-18)26-15-19(25)13-22-16-8-11-23(12-9-16)14-17-3-1-2-10-21-17/h1-7,10,16,19,22,24-25H,8-9,11-15H2. The highest BCUT2D eigenvalue weighted by Crippen LogP contribution is 2.16. The van der Waals surface area contributed by atoms with Crippen molar-refractivity contribution in [2.45, 2.75) is 31.5 Å². The first-order chi connectivity index (χ1) is 12.7. The Morgan fingerprint density at radius 2 is 1.92 bits per heavy atom. The van der Waals surface area contributed by atoms with Gasteiger partial charge in [-0.3, -0.25) is 9.88 Å². The van der Waals surface area contributed by atoms with Crippen molar-refractivity contribution in [2.75, 3.05) is 26.2 Å². The molecule has 0 bridgehead atoms. The number of phenolic OH excluding ortho intramolecular Hbond substituents is 1. The van der Waals surface area contributed by atoms with Gasteiger partial charge in [-0.15, -0.1) is 0 Å². The fourth-order valence-electron chi connectivity index (χ4n) is 3.11. The highest BCUT2D eigenvalue weighted by Gasteiger charge is 2.20. The molecule has 6 nitrogen and oxygen atoms in total. The molecular weight excluding hydrogens is 330 g/mol. The summed E-state index contributed by atoms with van der Waals surface area (Å²) in [4.78, 5) is 6.81. The summed E-state index contributed by atoms with van der Waals surface area (Å²) in [6.07, 6.45) is 3.41. The van der Waals surface area contributed by atoms with Crippen LogP contribution in [0.25, 0.3) is 0 Å². The number of ether oxygens (including phenoxy) is 1. The second kappa shape index (κ2) is 9.52. The Balaban J connectivity index is 1.31. The molecule has 26 heavy (non-hydrogen) atoms. The molecule has 140 valence electrons. The predicted molar refractivity (Wildman–Crippen MR) is 100 cm³/mol. The van der Waals surface area contributed by atoms with Crippen LogP contribution >= 0.6 is 0 Å². The maximum Gasteiger partial charge on any atom is 0.119 e. The molecule has 0 amide bonds. The van der Waals surface area contributed by atoms with Crippen molar-refractivity contribution in [1.82, 2.24) is 15.2 Å². The zero-order chi connectivity index (χ0) is 18.2. The molecule has 2 aromatic rings. The van der Waals surface area contributed by atoms with E-state index in [0.717, 1.165) is 38.2 Å². The quantitative estimate of drug-likeness (QED) is 0.669. The molecule has 0 radical (unpaired) electrons. The minimum absolute atomic E-state index is 0.203. The Bertz CT molecular complexity index is 643. The number of piperidine rings is 1. The fraction of sp³-hybridized carbons (Fsp3) is 0.450. The molecule has 1 aromatic carbocycles. The van der Waals surface area contributed by atoms with E-state index in [9.17, 15) is 10.2 Å². The van der Waals surface area contributed by atoms with Crippen LogP contribution < -0.4 is 10.1 Å². The van der Waals surface area contributed by atoms with Crippen molar-refractivity contribution in [3.63, 3.8) is 0 Å². The van der Waals surface area contributed by atoms with Gasteiger partial charge in [0.15, 0.2) is 0 Å². The van der Waals surface area contributed by atoms with Gasteiger partial charge in [0.25, 0.3) is 0 Å². The zero-order valence-corrected chi connectivity index (χ0v) is 14.9. The molecular formula is C20H27N3O3.